The van der Waals surface area contributed by atoms with Gasteiger partial charge in [-0.3, -0.25) is 9.59 Å². The molecule has 3 rings (SSSR count). The Morgan fingerprint density at radius 1 is 1.27 bits per heavy atom. The van der Waals surface area contributed by atoms with E-state index in [1.54, 1.807) is 39.2 Å². The van der Waals surface area contributed by atoms with Gasteiger partial charge in [0.05, 0.1) is 16.5 Å². The third kappa shape index (κ3) is 6.38. The van der Waals surface area contributed by atoms with Gasteiger partial charge < -0.3 is 19.5 Å². The van der Waals surface area contributed by atoms with Crippen LogP contribution in [0.25, 0.3) is 0 Å². The van der Waals surface area contributed by atoms with Gasteiger partial charge in [0.2, 0.25) is 5.91 Å². The fourth-order valence-corrected chi connectivity index (χ4v) is 4.88. The third-order valence-electron chi connectivity index (χ3n) is 4.34. The van der Waals surface area contributed by atoms with Gasteiger partial charge in [-0.25, -0.2) is 4.98 Å². The fourth-order valence-electron chi connectivity index (χ4n) is 2.72. The van der Waals surface area contributed by atoms with Gasteiger partial charge in [0.15, 0.2) is 16.1 Å². The summed E-state index contributed by atoms with van der Waals surface area (Å²) in [5, 5.41) is 13.0. The highest BCUT2D eigenvalue weighted by atomic mass is 35.5. The van der Waals surface area contributed by atoms with Gasteiger partial charge in [-0.05, 0) is 26.0 Å². The van der Waals surface area contributed by atoms with Crippen molar-refractivity contribution in [3.8, 4) is 5.75 Å². The van der Waals surface area contributed by atoms with Crippen LogP contribution in [-0.4, -0.2) is 56.3 Å². The number of thioether (sulfide) groups is 1. The molecule has 2 heterocycles. The average Bonchev–Trinajstić information content (AvgIpc) is 3.34. The summed E-state index contributed by atoms with van der Waals surface area (Å²) < 4.78 is 7.61. The van der Waals surface area contributed by atoms with Gasteiger partial charge in [0, 0.05) is 31.7 Å². The lowest BCUT2D eigenvalue weighted by molar-refractivity contribution is -0.113. The van der Waals surface area contributed by atoms with Gasteiger partial charge in [0.25, 0.3) is 5.91 Å². The molecule has 1 N–H and O–H groups in total. The molecule has 0 aliphatic heterocycles. The van der Waals surface area contributed by atoms with E-state index < -0.39 is 0 Å². The SMILES string of the molecule is CCn1c(COc2cc(Cl)ccc2Cl)nnc1SCC(=O)Nc1nc(C)c(C(=O)N(C)C)s1. The first-order chi connectivity index (χ1) is 15.7. The molecule has 0 spiro atoms. The number of nitrogens with zero attached hydrogens (tertiary/aromatic N) is 5. The number of thiazole rings is 1. The number of amides is 2. The molecule has 0 aliphatic carbocycles. The first kappa shape index (κ1) is 25.3. The second-order valence-electron chi connectivity index (χ2n) is 6.98. The summed E-state index contributed by atoms with van der Waals surface area (Å²) in [6.45, 7) is 4.43. The van der Waals surface area contributed by atoms with Crippen molar-refractivity contribution in [1.29, 1.82) is 0 Å². The van der Waals surface area contributed by atoms with Crippen LogP contribution in [0.1, 0.15) is 28.1 Å². The summed E-state index contributed by atoms with van der Waals surface area (Å²) in [6.07, 6.45) is 0. The molecular formula is C20H22Cl2N6O3S2. The molecule has 13 heteroatoms. The van der Waals surface area contributed by atoms with Crippen LogP contribution in [0, 0.1) is 6.92 Å². The topological polar surface area (TPSA) is 102 Å². The minimum absolute atomic E-state index is 0.106. The zero-order valence-corrected chi connectivity index (χ0v) is 21.5. The standard InChI is InChI=1S/C20H22Cl2N6O3S2/c1-5-28-15(9-31-14-8-12(21)6-7-13(14)22)25-26-20(28)32-10-16(29)24-19-23-11(2)17(33-19)18(30)27(3)4/h6-8H,5,9-10H2,1-4H3,(H,23,24,29). The number of aryl methyl sites for hydroxylation is 1. The molecule has 0 aliphatic rings. The van der Waals surface area contributed by atoms with Gasteiger partial charge in [-0.1, -0.05) is 46.3 Å². The van der Waals surface area contributed by atoms with E-state index in [-0.39, 0.29) is 24.2 Å². The number of hydrogen-bond acceptors (Lipinski definition) is 8. The number of hydrogen-bond donors (Lipinski definition) is 1. The Balaban J connectivity index is 1.60. The van der Waals surface area contributed by atoms with Crippen molar-refractivity contribution in [3.63, 3.8) is 0 Å². The maximum absolute atomic E-state index is 12.4. The van der Waals surface area contributed by atoms with Crippen molar-refractivity contribution in [1.82, 2.24) is 24.6 Å². The number of carbonyl (C=O) groups excluding carboxylic acids is 2. The quantitative estimate of drug-likeness (QED) is 0.411. The molecule has 33 heavy (non-hydrogen) atoms. The average molecular weight is 529 g/mol. The molecule has 176 valence electrons. The maximum atomic E-state index is 12.4. The number of halogens is 2. The fraction of sp³-hybridized carbons (Fsp3) is 0.350. The largest absolute Gasteiger partial charge is 0.484 e. The molecule has 0 fully saturated rings. The highest BCUT2D eigenvalue weighted by molar-refractivity contribution is 7.99. The Morgan fingerprint density at radius 2 is 2.03 bits per heavy atom. The number of nitrogens with one attached hydrogen (secondary N) is 1. The van der Waals surface area contributed by atoms with Crippen LogP contribution in [0.15, 0.2) is 23.4 Å². The number of carbonyl (C=O) groups is 2. The molecule has 0 unspecified atom stereocenters. The Morgan fingerprint density at radius 3 is 2.73 bits per heavy atom. The van der Waals surface area contributed by atoms with E-state index >= 15 is 0 Å². The van der Waals surface area contributed by atoms with E-state index in [1.807, 2.05) is 11.5 Å². The third-order valence-corrected chi connectivity index (χ3v) is 6.91. The first-order valence-electron chi connectivity index (χ1n) is 9.81. The predicted molar refractivity (Wildman–Crippen MR) is 131 cm³/mol. The van der Waals surface area contributed by atoms with E-state index in [9.17, 15) is 9.59 Å². The number of ether oxygens (including phenoxy) is 1. The molecule has 1 aromatic carbocycles. The Bertz CT molecular complexity index is 1160. The van der Waals surface area contributed by atoms with Crippen molar-refractivity contribution in [3.05, 3.63) is 44.6 Å². The van der Waals surface area contributed by atoms with Crippen LogP contribution in [-0.2, 0) is 17.9 Å². The molecule has 0 saturated heterocycles. The highest BCUT2D eigenvalue weighted by Crippen LogP contribution is 2.29. The molecule has 0 atom stereocenters. The minimum Gasteiger partial charge on any atom is -0.484 e. The molecule has 0 radical (unpaired) electrons. The Hall–Kier alpha value is -2.34. The summed E-state index contributed by atoms with van der Waals surface area (Å²) in [4.78, 5) is 30.8. The lowest BCUT2D eigenvalue weighted by Gasteiger charge is -2.10. The van der Waals surface area contributed by atoms with Gasteiger partial charge in [0.1, 0.15) is 17.2 Å². The number of benzene rings is 1. The second kappa shape index (κ2) is 11.2. The summed E-state index contributed by atoms with van der Waals surface area (Å²) in [7, 11) is 3.34. The lowest BCUT2D eigenvalue weighted by atomic mass is 10.3. The first-order valence-corrected chi connectivity index (χ1v) is 12.4. The normalized spacial score (nSPS) is 10.8. The summed E-state index contributed by atoms with van der Waals surface area (Å²) >= 11 is 14.5. The Kier molecular flexibility index (Phi) is 8.57. The number of aromatic nitrogens is 4. The van der Waals surface area contributed by atoms with Crippen LogP contribution in [0.2, 0.25) is 10.0 Å². The van der Waals surface area contributed by atoms with Crippen molar-refractivity contribution < 1.29 is 14.3 Å². The zero-order chi connectivity index (χ0) is 24.1. The van der Waals surface area contributed by atoms with Crippen molar-refractivity contribution in [2.24, 2.45) is 0 Å². The van der Waals surface area contributed by atoms with Crippen LogP contribution in [0.5, 0.6) is 5.75 Å². The summed E-state index contributed by atoms with van der Waals surface area (Å²) in [6, 6.07) is 4.97. The zero-order valence-electron chi connectivity index (χ0n) is 18.4. The molecule has 2 amide bonds. The molecule has 0 bridgehead atoms. The van der Waals surface area contributed by atoms with Gasteiger partial charge >= 0.3 is 0 Å². The minimum atomic E-state index is -0.258. The monoisotopic (exact) mass is 528 g/mol. The number of rotatable bonds is 9. The van der Waals surface area contributed by atoms with E-state index in [0.29, 0.717) is 49.0 Å². The lowest BCUT2D eigenvalue weighted by Crippen LogP contribution is -2.21. The second-order valence-corrected chi connectivity index (χ2v) is 9.76. The maximum Gasteiger partial charge on any atom is 0.265 e. The molecular weight excluding hydrogens is 507 g/mol. The predicted octanol–water partition coefficient (Wildman–Crippen LogP) is 4.38. The van der Waals surface area contributed by atoms with Gasteiger partial charge in [-0.2, -0.15) is 0 Å². The van der Waals surface area contributed by atoms with Crippen molar-refractivity contribution >= 4 is 63.2 Å². The van der Waals surface area contributed by atoms with E-state index in [4.69, 9.17) is 27.9 Å². The summed E-state index contributed by atoms with van der Waals surface area (Å²) in [5.41, 5.74) is 0.580. The summed E-state index contributed by atoms with van der Waals surface area (Å²) in [5.74, 6) is 0.749. The van der Waals surface area contributed by atoms with E-state index in [1.165, 1.54) is 16.7 Å². The Labute approximate surface area is 209 Å². The number of anilines is 1. The van der Waals surface area contributed by atoms with Crippen LogP contribution >= 0.6 is 46.3 Å². The van der Waals surface area contributed by atoms with E-state index in [2.05, 4.69) is 20.5 Å². The smallest absolute Gasteiger partial charge is 0.265 e. The molecule has 0 saturated carbocycles. The molecule has 2 aromatic heterocycles. The van der Waals surface area contributed by atoms with Crippen molar-refractivity contribution in [2.45, 2.75) is 32.2 Å². The van der Waals surface area contributed by atoms with Gasteiger partial charge in [-0.15, -0.1) is 10.2 Å². The van der Waals surface area contributed by atoms with Crippen LogP contribution in [0.3, 0.4) is 0 Å². The highest BCUT2D eigenvalue weighted by Gasteiger charge is 2.19. The molecule has 3 aromatic rings. The molecule has 9 nitrogen and oxygen atoms in total. The van der Waals surface area contributed by atoms with Crippen molar-refractivity contribution in [2.75, 3.05) is 25.2 Å². The van der Waals surface area contributed by atoms with Crippen LogP contribution in [0.4, 0.5) is 5.13 Å². The van der Waals surface area contributed by atoms with Crippen LogP contribution < -0.4 is 10.1 Å². The van der Waals surface area contributed by atoms with E-state index in [0.717, 1.165) is 11.3 Å².